The first-order chi connectivity index (χ1) is 6.83. The molecule has 0 unspecified atom stereocenters. The molecule has 0 aromatic heterocycles. The minimum atomic E-state index is -0.264. The maximum Gasteiger partial charge on any atom is 0.428 e. The smallest absolute Gasteiger partial charge is 0.428 e. The average molecular weight is 196 g/mol. The van der Waals surface area contributed by atoms with Crippen molar-refractivity contribution in [3.63, 3.8) is 0 Å². The quantitative estimate of drug-likeness (QED) is 0.695. The third-order valence-electron chi connectivity index (χ3n) is 2.72. The van der Waals surface area contributed by atoms with Crippen molar-refractivity contribution in [1.29, 1.82) is 0 Å². The Morgan fingerprint density at radius 1 is 1.50 bits per heavy atom. The van der Waals surface area contributed by atoms with Crippen LogP contribution in [0.5, 0.6) is 0 Å². The van der Waals surface area contributed by atoms with Crippen LogP contribution in [0.3, 0.4) is 0 Å². The summed E-state index contributed by atoms with van der Waals surface area (Å²) >= 11 is 0. The molecule has 0 saturated carbocycles. The topological polar surface area (TPSA) is 41.6 Å². The number of carbonyl (C=O) groups excluding carboxylic acids is 1. The minimum Gasteiger partial charge on any atom is -0.449 e. The van der Waals surface area contributed by atoms with Gasteiger partial charge in [0.25, 0.3) is 0 Å². The van der Waals surface area contributed by atoms with Crippen LogP contribution in [-0.4, -0.2) is 24.3 Å². The number of hydrogen-bond acceptors (Lipinski definition) is 3. The summed E-state index contributed by atoms with van der Waals surface area (Å²) < 4.78 is 4.97. The first-order valence-electron chi connectivity index (χ1n) is 5.24. The molecule has 0 spiro atoms. The highest BCUT2D eigenvalue weighted by molar-refractivity contribution is 5.70. The van der Waals surface area contributed by atoms with E-state index in [1.807, 2.05) is 6.92 Å². The van der Waals surface area contributed by atoms with E-state index in [0.29, 0.717) is 6.61 Å². The third-order valence-corrected chi connectivity index (χ3v) is 2.72. The number of carbonyl (C=O) groups is 1. The van der Waals surface area contributed by atoms with Gasteiger partial charge in [0.1, 0.15) is 0 Å². The lowest BCUT2D eigenvalue weighted by Crippen LogP contribution is -2.38. The van der Waals surface area contributed by atoms with Crippen molar-refractivity contribution in [3.05, 3.63) is 11.3 Å². The summed E-state index contributed by atoms with van der Waals surface area (Å²) in [4.78, 5) is 11.5. The molecule has 0 atom stereocenters. The number of nitrogens with zero attached hydrogens (tertiary/aromatic N) is 1. The van der Waals surface area contributed by atoms with Gasteiger partial charge >= 0.3 is 6.09 Å². The normalized spacial score (nSPS) is 21.1. The molecule has 1 heterocycles. The average Bonchev–Trinajstić information content (AvgIpc) is 2.61. The molecule has 4 heteroatoms. The van der Waals surface area contributed by atoms with Gasteiger partial charge in [0, 0.05) is 12.2 Å². The highest BCUT2D eigenvalue weighted by Crippen LogP contribution is 2.30. The van der Waals surface area contributed by atoms with E-state index in [0.717, 1.165) is 25.1 Å². The highest BCUT2D eigenvalue weighted by atomic mass is 16.6. The van der Waals surface area contributed by atoms with Gasteiger partial charge in [-0.2, -0.15) is 0 Å². The lowest BCUT2D eigenvalue weighted by atomic mass is 9.97. The molecule has 78 valence electrons. The van der Waals surface area contributed by atoms with Gasteiger partial charge in [0.15, 0.2) is 0 Å². The molecule has 0 saturated heterocycles. The van der Waals surface area contributed by atoms with Crippen molar-refractivity contribution in [2.24, 2.45) is 0 Å². The Labute approximate surface area is 83.9 Å². The number of allylic oxidation sites excluding steroid dienone is 1. The van der Waals surface area contributed by atoms with Crippen molar-refractivity contribution in [2.45, 2.75) is 32.6 Å². The maximum atomic E-state index is 11.5. The number of hydrogen-bond donors (Lipinski definition) is 1. The van der Waals surface area contributed by atoms with E-state index in [4.69, 9.17) is 4.74 Å². The summed E-state index contributed by atoms with van der Waals surface area (Å²) in [6.45, 7) is 3.07. The standard InChI is InChI=1S/C10H16N2O2/c1-2-14-10(13)12-9-6-4-3-5-8(9)7-11-12/h11H,2-7H2,1H3. The van der Waals surface area contributed by atoms with Gasteiger partial charge in [-0.1, -0.05) is 0 Å². The minimum absolute atomic E-state index is 0.264. The van der Waals surface area contributed by atoms with Crippen molar-refractivity contribution in [3.8, 4) is 0 Å². The Morgan fingerprint density at radius 3 is 3.07 bits per heavy atom. The monoisotopic (exact) mass is 196 g/mol. The number of ether oxygens (including phenoxy) is 1. The fourth-order valence-corrected chi connectivity index (χ4v) is 2.04. The van der Waals surface area contributed by atoms with Gasteiger partial charge in [-0.05, 0) is 38.2 Å². The third kappa shape index (κ3) is 1.62. The van der Waals surface area contributed by atoms with Gasteiger partial charge in [-0.25, -0.2) is 15.2 Å². The van der Waals surface area contributed by atoms with Gasteiger partial charge < -0.3 is 4.74 Å². The lowest BCUT2D eigenvalue weighted by Gasteiger charge is -2.21. The molecule has 1 aliphatic carbocycles. The molecule has 0 aromatic rings. The Morgan fingerprint density at radius 2 is 2.29 bits per heavy atom. The van der Waals surface area contributed by atoms with Crippen LogP contribution in [0.25, 0.3) is 0 Å². The Bertz CT molecular complexity index is 273. The Kier molecular flexibility index (Phi) is 2.72. The molecule has 2 rings (SSSR count). The second kappa shape index (κ2) is 4.00. The van der Waals surface area contributed by atoms with Crippen LogP contribution >= 0.6 is 0 Å². The van der Waals surface area contributed by atoms with Crippen LogP contribution in [-0.2, 0) is 4.74 Å². The van der Waals surface area contributed by atoms with Gasteiger partial charge in [0.2, 0.25) is 0 Å². The molecular weight excluding hydrogens is 180 g/mol. The maximum absolute atomic E-state index is 11.5. The molecule has 0 fully saturated rings. The van der Waals surface area contributed by atoms with Gasteiger partial charge in [0.05, 0.1) is 6.61 Å². The predicted molar refractivity (Wildman–Crippen MR) is 52.4 cm³/mol. The number of hydrazine groups is 1. The van der Waals surface area contributed by atoms with Crippen molar-refractivity contribution < 1.29 is 9.53 Å². The molecule has 0 bridgehead atoms. The second-order valence-corrected chi connectivity index (χ2v) is 3.63. The van der Waals surface area contributed by atoms with E-state index in [1.54, 1.807) is 5.01 Å². The van der Waals surface area contributed by atoms with Crippen LogP contribution < -0.4 is 5.43 Å². The van der Waals surface area contributed by atoms with E-state index in [9.17, 15) is 4.79 Å². The highest BCUT2D eigenvalue weighted by Gasteiger charge is 2.29. The number of amides is 1. The van der Waals surface area contributed by atoms with Crippen LogP contribution in [0.1, 0.15) is 32.6 Å². The zero-order chi connectivity index (χ0) is 9.97. The van der Waals surface area contributed by atoms with Crippen LogP contribution in [0, 0.1) is 0 Å². The Balaban J connectivity index is 2.07. The number of rotatable bonds is 1. The van der Waals surface area contributed by atoms with E-state index in [1.165, 1.54) is 18.4 Å². The number of nitrogens with one attached hydrogen (secondary N) is 1. The summed E-state index contributed by atoms with van der Waals surface area (Å²) in [6.07, 6.45) is 4.28. The van der Waals surface area contributed by atoms with E-state index in [-0.39, 0.29) is 6.09 Å². The fourth-order valence-electron chi connectivity index (χ4n) is 2.04. The van der Waals surface area contributed by atoms with Crippen LogP contribution in [0.15, 0.2) is 11.3 Å². The van der Waals surface area contributed by atoms with E-state index >= 15 is 0 Å². The zero-order valence-corrected chi connectivity index (χ0v) is 8.51. The summed E-state index contributed by atoms with van der Waals surface area (Å²) in [6, 6.07) is 0. The summed E-state index contributed by atoms with van der Waals surface area (Å²) in [5, 5.41) is 1.58. The molecular formula is C10H16N2O2. The van der Waals surface area contributed by atoms with Gasteiger partial charge in [-0.3, -0.25) is 0 Å². The largest absolute Gasteiger partial charge is 0.449 e. The van der Waals surface area contributed by atoms with E-state index < -0.39 is 0 Å². The lowest BCUT2D eigenvalue weighted by molar-refractivity contribution is 0.106. The predicted octanol–water partition coefficient (Wildman–Crippen LogP) is 1.79. The molecule has 1 aliphatic heterocycles. The molecule has 14 heavy (non-hydrogen) atoms. The van der Waals surface area contributed by atoms with Crippen LogP contribution in [0.4, 0.5) is 4.79 Å². The summed E-state index contributed by atoms with van der Waals surface area (Å²) in [5.41, 5.74) is 5.59. The van der Waals surface area contributed by atoms with E-state index in [2.05, 4.69) is 5.43 Å². The first-order valence-corrected chi connectivity index (χ1v) is 5.24. The van der Waals surface area contributed by atoms with Crippen molar-refractivity contribution in [1.82, 2.24) is 10.4 Å². The summed E-state index contributed by atoms with van der Waals surface area (Å²) in [5.74, 6) is 0. The fraction of sp³-hybridized carbons (Fsp3) is 0.700. The molecule has 1 N–H and O–H groups in total. The van der Waals surface area contributed by atoms with Crippen molar-refractivity contribution >= 4 is 6.09 Å². The zero-order valence-electron chi connectivity index (χ0n) is 8.51. The summed E-state index contributed by atoms with van der Waals surface area (Å²) in [7, 11) is 0. The second-order valence-electron chi connectivity index (χ2n) is 3.63. The van der Waals surface area contributed by atoms with Gasteiger partial charge in [-0.15, -0.1) is 0 Å². The SMILES string of the molecule is CCOC(=O)N1NCC2=C1CCCC2. The molecule has 0 radical (unpaired) electrons. The van der Waals surface area contributed by atoms with Crippen LogP contribution in [0.2, 0.25) is 0 Å². The van der Waals surface area contributed by atoms with Crippen molar-refractivity contribution in [2.75, 3.05) is 13.2 Å². The Hall–Kier alpha value is -1.03. The molecule has 0 aromatic carbocycles. The molecule has 1 amide bonds. The molecule has 2 aliphatic rings. The first kappa shape index (κ1) is 9.52. The molecule has 4 nitrogen and oxygen atoms in total.